The summed E-state index contributed by atoms with van der Waals surface area (Å²) in [5.41, 5.74) is 0. The molecule has 0 aromatic carbocycles. The third-order valence-corrected chi connectivity index (χ3v) is 2.17. The second-order valence-electron chi connectivity index (χ2n) is 3.39. The molecule has 2 N–H and O–H groups in total. The molecule has 80 valence electrons. The van der Waals surface area contributed by atoms with Gasteiger partial charge in [0.2, 0.25) is 0 Å². The van der Waals surface area contributed by atoms with Crippen molar-refractivity contribution in [3.8, 4) is 0 Å². The zero-order chi connectivity index (χ0) is 10.2. The summed E-state index contributed by atoms with van der Waals surface area (Å²) in [5, 5.41) is 11.5. The number of hydrogen-bond donors (Lipinski definition) is 2. The lowest BCUT2D eigenvalue weighted by molar-refractivity contribution is -0.131. The Kier molecular flexibility index (Phi) is 5.25. The largest absolute Gasteiger partial charge is 0.478 e. The van der Waals surface area contributed by atoms with Crippen molar-refractivity contribution in [2.45, 2.75) is 25.4 Å². The number of hydrogen-bond acceptors (Lipinski definition) is 3. The number of aliphatic carboxylic acids is 1. The fraction of sp³-hybridized carbons (Fsp3) is 0.700. The van der Waals surface area contributed by atoms with Crippen LogP contribution >= 0.6 is 0 Å². The first-order chi connectivity index (χ1) is 6.79. The first-order valence-electron chi connectivity index (χ1n) is 5.01. The van der Waals surface area contributed by atoms with Crippen LogP contribution in [0.25, 0.3) is 0 Å². The fourth-order valence-corrected chi connectivity index (χ4v) is 1.46. The molecule has 1 heterocycles. The standard InChI is InChI=1S/C10H17NO3/c12-10(13)5-3-6-11-8-9-4-1-2-7-14-9/h3,5,9,11H,1-2,4,6-8H2,(H,12,13)/b5-3+. The minimum absolute atomic E-state index is 0.307. The van der Waals surface area contributed by atoms with Crippen LogP contribution in [0.3, 0.4) is 0 Å². The van der Waals surface area contributed by atoms with E-state index < -0.39 is 5.97 Å². The Labute approximate surface area is 83.9 Å². The van der Waals surface area contributed by atoms with Crippen LogP contribution in [-0.4, -0.2) is 36.9 Å². The third-order valence-electron chi connectivity index (χ3n) is 2.17. The molecule has 0 saturated carbocycles. The van der Waals surface area contributed by atoms with Crippen molar-refractivity contribution < 1.29 is 14.6 Å². The van der Waals surface area contributed by atoms with Crippen molar-refractivity contribution in [3.05, 3.63) is 12.2 Å². The monoisotopic (exact) mass is 199 g/mol. The summed E-state index contributed by atoms with van der Waals surface area (Å²) in [6, 6.07) is 0. The second-order valence-corrected chi connectivity index (χ2v) is 3.39. The number of carboxylic acids is 1. The maximum absolute atomic E-state index is 10.1. The predicted octanol–water partition coefficient (Wildman–Crippen LogP) is 0.786. The third kappa shape index (κ3) is 4.99. The molecule has 0 aromatic rings. The minimum atomic E-state index is -0.902. The van der Waals surface area contributed by atoms with Gasteiger partial charge in [-0.2, -0.15) is 0 Å². The summed E-state index contributed by atoms with van der Waals surface area (Å²) in [5.74, 6) is -0.902. The summed E-state index contributed by atoms with van der Waals surface area (Å²) in [6.07, 6.45) is 6.56. The molecule has 0 radical (unpaired) electrons. The van der Waals surface area contributed by atoms with E-state index in [-0.39, 0.29) is 0 Å². The Hall–Kier alpha value is -0.870. The summed E-state index contributed by atoms with van der Waals surface area (Å²) < 4.78 is 5.50. The molecular formula is C10H17NO3. The zero-order valence-electron chi connectivity index (χ0n) is 8.24. The molecule has 0 spiro atoms. The predicted molar refractivity (Wildman–Crippen MR) is 53.2 cm³/mol. The van der Waals surface area contributed by atoms with Crippen LogP contribution in [0.4, 0.5) is 0 Å². The van der Waals surface area contributed by atoms with Crippen LogP contribution in [0.5, 0.6) is 0 Å². The van der Waals surface area contributed by atoms with Crippen molar-refractivity contribution >= 4 is 5.97 Å². The molecule has 0 bridgehead atoms. The van der Waals surface area contributed by atoms with Crippen LogP contribution in [0, 0.1) is 0 Å². The maximum Gasteiger partial charge on any atom is 0.328 e. The lowest BCUT2D eigenvalue weighted by Gasteiger charge is -2.22. The average molecular weight is 199 g/mol. The molecule has 1 aliphatic rings. The minimum Gasteiger partial charge on any atom is -0.478 e. The summed E-state index contributed by atoms with van der Waals surface area (Å²) >= 11 is 0. The van der Waals surface area contributed by atoms with Crippen molar-refractivity contribution in [1.82, 2.24) is 5.32 Å². The Balaban J connectivity index is 2.00. The zero-order valence-corrected chi connectivity index (χ0v) is 8.24. The first-order valence-corrected chi connectivity index (χ1v) is 5.01. The maximum atomic E-state index is 10.1. The average Bonchev–Trinajstić information content (AvgIpc) is 2.18. The molecular weight excluding hydrogens is 182 g/mol. The number of rotatable bonds is 5. The van der Waals surface area contributed by atoms with Gasteiger partial charge >= 0.3 is 5.97 Å². The molecule has 1 saturated heterocycles. The number of nitrogens with one attached hydrogen (secondary N) is 1. The van der Waals surface area contributed by atoms with Crippen LogP contribution in [0.1, 0.15) is 19.3 Å². The van der Waals surface area contributed by atoms with E-state index in [1.54, 1.807) is 6.08 Å². The molecule has 0 aromatic heterocycles. The summed E-state index contributed by atoms with van der Waals surface area (Å²) in [4.78, 5) is 10.1. The van der Waals surface area contributed by atoms with Crippen molar-refractivity contribution in [2.75, 3.05) is 19.7 Å². The Morgan fingerprint density at radius 1 is 1.57 bits per heavy atom. The fourth-order valence-electron chi connectivity index (χ4n) is 1.46. The van der Waals surface area contributed by atoms with Gasteiger partial charge in [-0.25, -0.2) is 4.79 Å². The van der Waals surface area contributed by atoms with Gasteiger partial charge in [0.25, 0.3) is 0 Å². The number of carbonyl (C=O) groups is 1. The molecule has 1 fully saturated rings. The quantitative estimate of drug-likeness (QED) is 0.507. The van der Waals surface area contributed by atoms with Gasteiger partial charge in [-0.3, -0.25) is 0 Å². The lowest BCUT2D eigenvalue weighted by Crippen LogP contribution is -2.31. The molecule has 1 unspecified atom stereocenters. The Morgan fingerprint density at radius 2 is 2.43 bits per heavy atom. The van der Waals surface area contributed by atoms with E-state index in [0.29, 0.717) is 12.6 Å². The highest BCUT2D eigenvalue weighted by atomic mass is 16.5. The first kappa shape index (κ1) is 11.2. The lowest BCUT2D eigenvalue weighted by atomic mass is 10.1. The van der Waals surface area contributed by atoms with Gasteiger partial charge < -0.3 is 15.2 Å². The molecule has 0 amide bonds. The van der Waals surface area contributed by atoms with Gasteiger partial charge in [0.05, 0.1) is 6.10 Å². The van der Waals surface area contributed by atoms with Crippen LogP contribution in [0.15, 0.2) is 12.2 Å². The van der Waals surface area contributed by atoms with Gasteiger partial charge in [-0.15, -0.1) is 0 Å². The molecule has 4 heteroatoms. The molecule has 1 aliphatic heterocycles. The van der Waals surface area contributed by atoms with E-state index in [0.717, 1.165) is 32.1 Å². The van der Waals surface area contributed by atoms with Crippen LogP contribution < -0.4 is 5.32 Å². The topological polar surface area (TPSA) is 58.6 Å². The Morgan fingerprint density at radius 3 is 3.07 bits per heavy atom. The molecule has 4 nitrogen and oxygen atoms in total. The van der Waals surface area contributed by atoms with Gasteiger partial charge in [0, 0.05) is 25.8 Å². The highest BCUT2D eigenvalue weighted by Gasteiger charge is 2.12. The Bertz CT molecular complexity index is 198. The summed E-state index contributed by atoms with van der Waals surface area (Å²) in [7, 11) is 0. The molecule has 1 rings (SSSR count). The van der Waals surface area contributed by atoms with Crippen LogP contribution in [0.2, 0.25) is 0 Å². The van der Waals surface area contributed by atoms with Gasteiger partial charge in [-0.1, -0.05) is 6.08 Å². The van der Waals surface area contributed by atoms with E-state index in [1.807, 2.05) is 0 Å². The van der Waals surface area contributed by atoms with Crippen molar-refractivity contribution in [3.63, 3.8) is 0 Å². The molecule has 14 heavy (non-hydrogen) atoms. The SMILES string of the molecule is O=C(O)/C=C/CNCC1CCCCO1. The number of carboxylic acid groups (broad SMARTS) is 1. The summed E-state index contributed by atoms with van der Waals surface area (Å²) in [6.45, 7) is 2.26. The van der Waals surface area contributed by atoms with Gasteiger partial charge in [-0.05, 0) is 19.3 Å². The number of ether oxygens (including phenoxy) is 1. The van der Waals surface area contributed by atoms with Gasteiger partial charge in [0.15, 0.2) is 0 Å². The normalized spacial score (nSPS) is 22.7. The highest BCUT2D eigenvalue weighted by Crippen LogP contribution is 2.11. The smallest absolute Gasteiger partial charge is 0.328 e. The molecule has 0 aliphatic carbocycles. The highest BCUT2D eigenvalue weighted by molar-refractivity contribution is 5.79. The van der Waals surface area contributed by atoms with Gasteiger partial charge in [0.1, 0.15) is 0 Å². The van der Waals surface area contributed by atoms with Crippen molar-refractivity contribution in [1.29, 1.82) is 0 Å². The van der Waals surface area contributed by atoms with Crippen LogP contribution in [-0.2, 0) is 9.53 Å². The molecule has 1 atom stereocenters. The van der Waals surface area contributed by atoms with E-state index >= 15 is 0 Å². The van der Waals surface area contributed by atoms with E-state index in [1.165, 1.54) is 6.42 Å². The van der Waals surface area contributed by atoms with E-state index in [2.05, 4.69) is 5.32 Å². The van der Waals surface area contributed by atoms with E-state index in [9.17, 15) is 4.79 Å². The van der Waals surface area contributed by atoms with Crippen molar-refractivity contribution in [2.24, 2.45) is 0 Å². The van der Waals surface area contributed by atoms with E-state index in [4.69, 9.17) is 9.84 Å². The second kappa shape index (κ2) is 6.56.